The van der Waals surface area contributed by atoms with Crippen LogP contribution in [0.1, 0.15) is 44.2 Å². The number of aliphatic hydroxyl groups excluding tert-OH is 1. The normalized spacial score (nSPS) is 12.5. The van der Waals surface area contributed by atoms with E-state index >= 15 is 0 Å². The smallest absolute Gasteiger partial charge is 0.306 e. The lowest BCUT2D eigenvalue weighted by atomic mass is 9.91. The van der Waals surface area contributed by atoms with Crippen molar-refractivity contribution in [1.82, 2.24) is 14.5 Å². The van der Waals surface area contributed by atoms with Crippen LogP contribution >= 0.6 is 0 Å². The number of nitrogens with zero attached hydrogens (tertiary/aromatic N) is 2. The number of imidazole rings is 1. The molecule has 1 aromatic carbocycles. The van der Waals surface area contributed by atoms with Gasteiger partial charge in [0, 0.05) is 30.5 Å². The maximum atomic E-state index is 11.8. The van der Waals surface area contributed by atoms with Crippen molar-refractivity contribution in [2.75, 3.05) is 6.61 Å². The molecule has 3 N–H and O–H groups in total. The molecule has 0 unspecified atom stereocenters. The lowest BCUT2D eigenvalue weighted by Gasteiger charge is -2.14. The molecule has 0 bridgehead atoms. The summed E-state index contributed by atoms with van der Waals surface area (Å²) in [6, 6.07) is 7.87. The van der Waals surface area contributed by atoms with E-state index in [0.29, 0.717) is 43.7 Å². The van der Waals surface area contributed by atoms with Crippen molar-refractivity contribution in [2.24, 2.45) is 11.8 Å². The Morgan fingerprint density at radius 1 is 1.26 bits per heavy atom. The Morgan fingerprint density at radius 2 is 2.03 bits per heavy atom. The van der Waals surface area contributed by atoms with E-state index < -0.39 is 5.97 Å². The molecular formula is C24H31N3O4. The predicted molar refractivity (Wildman–Crippen MR) is 121 cm³/mol. The number of hydrogen-bond donors (Lipinski definition) is 3. The zero-order valence-electron chi connectivity index (χ0n) is 18.4. The maximum Gasteiger partial charge on any atom is 0.306 e. The highest BCUT2D eigenvalue weighted by Crippen LogP contribution is 2.27. The number of aromatic amines is 1. The van der Waals surface area contributed by atoms with Crippen LogP contribution in [0.2, 0.25) is 0 Å². The molecule has 3 rings (SSSR count). The summed E-state index contributed by atoms with van der Waals surface area (Å²) in [5.74, 6) is -0.00595. The molecule has 3 aromatic rings. The molecule has 0 amide bonds. The Balaban J connectivity index is 1.94. The van der Waals surface area contributed by atoms with Gasteiger partial charge in [-0.3, -0.25) is 9.59 Å². The molecule has 0 aliphatic carbocycles. The van der Waals surface area contributed by atoms with Gasteiger partial charge in [0.25, 0.3) is 5.56 Å². The number of carboxylic acids is 1. The topological polar surface area (TPSA) is 108 Å². The van der Waals surface area contributed by atoms with E-state index in [9.17, 15) is 19.8 Å². The fourth-order valence-corrected chi connectivity index (χ4v) is 3.99. The number of aliphatic hydroxyl groups is 1. The van der Waals surface area contributed by atoms with Gasteiger partial charge in [-0.2, -0.15) is 0 Å². The van der Waals surface area contributed by atoms with E-state index in [2.05, 4.69) is 9.55 Å². The lowest BCUT2D eigenvalue weighted by molar-refractivity contribution is -0.142. The number of aromatic nitrogens is 3. The van der Waals surface area contributed by atoms with Crippen molar-refractivity contribution < 1.29 is 15.0 Å². The standard InChI is InChI=1S/C24H31N3O4/c1-15(2)11-18(24(30)31)7-5-17-6-8-21-20(13-17)26-22(27(21)9-4-10-28)19-12-16(3)23(29)25-14-19/h6,8,12-15,18,28H,4-5,7,9-11H2,1-3H3,(H,25,29)(H,30,31)/t18-/m0/s1. The van der Waals surface area contributed by atoms with Gasteiger partial charge >= 0.3 is 5.97 Å². The molecule has 0 spiro atoms. The second-order valence-corrected chi connectivity index (χ2v) is 8.59. The van der Waals surface area contributed by atoms with Gasteiger partial charge in [-0.1, -0.05) is 19.9 Å². The monoisotopic (exact) mass is 425 g/mol. The quantitative estimate of drug-likeness (QED) is 0.458. The maximum absolute atomic E-state index is 11.8. The second kappa shape index (κ2) is 9.92. The van der Waals surface area contributed by atoms with Crippen LogP contribution in [0.5, 0.6) is 0 Å². The Bertz CT molecular complexity index is 1110. The van der Waals surface area contributed by atoms with Crippen LogP contribution in [0.25, 0.3) is 22.4 Å². The number of hydrogen-bond acceptors (Lipinski definition) is 4. The Kier molecular flexibility index (Phi) is 7.28. The number of rotatable bonds is 10. The van der Waals surface area contributed by atoms with Crippen molar-refractivity contribution in [3.8, 4) is 11.4 Å². The van der Waals surface area contributed by atoms with E-state index in [1.54, 1.807) is 13.1 Å². The van der Waals surface area contributed by atoms with Crippen LogP contribution in [-0.2, 0) is 17.8 Å². The summed E-state index contributed by atoms with van der Waals surface area (Å²) >= 11 is 0. The third-order valence-electron chi connectivity index (χ3n) is 5.59. The number of H-pyrrole nitrogens is 1. The predicted octanol–water partition coefficient (Wildman–Crippen LogP) is 3.76. The Morgan fingerprint density at radius 3 is 2.68 bits per heavy atom. The summed E-state index contributed by atoms with van der Waals surface area (Å²) in [6.07, 6.45) is 4.20. The van der Waals surface area contributed by atoms with Crippen LogP contribution in [-0.4, -0.2) is 37.3 Å². The van der Waals surface area contributed by atoms with Gasteiger partial charge in [0.05, 0.1) is 17.0 Å². The summed E-state index contributed by atoms with van der Waals surface area (Å²) in [6.45, 7) is 6.53. The van der Waals surface area contributed by atoms with Crippen molar-refractivity contribution in [3.63, 3.8) is 0 Å². The van der Waals surface area contributed by atoms with Crippen molar-refractivity contribution in [2.45, 2.75) is 53.0 Å². The molecule has 0 saturated carbocycles. The molecule has 166 valence electrons. The molecule has 0 fully saturated rings. The molecule has 31 heavy (non-hydrogen) atoms. The second-order valence-electron chi connectivity index (χ2n) is 8.59. The van der Waals surface area contributed by atoms with Gasteiger partial charge in [-0.25, -0.2) is 4.98 Å². The lowest BCUT2D eigenvalue weighted by Crippen LogP contribution is -2.16. The minimum atomic E-state index is -0.737. The van der Waals surface area contributed by atoms with Gasteiger partial charge < -0.3 is 19.8 Å². The zero-order chi connectivity index (χ0) is 22.5. The van der Waals surface area contributed by atoms with Crippen molar-refractivity contribution >= 4 is 17.0 Å². The van der Waals surface area contributed by atoms with Gasteiger partial charge in [-0.05, 0) is 62.3 Å². The molecule has 1 atom stereocenters. The largest absolute Gasteiger partial charge is 0.481 e. The fourth-order valence-electron chi connectivity index (χ4n) is 3.99. The highest BCUT2D eigenvalue weighted by atomic mass is 16.4. The van der Waals surface area contributed by atoms with Gasteiger partial charge in [0.1, 0.15) is 5.82 Å². The average Bonchev–Trinajstić information content (AvgIpc) is 3.08. The van der Waals surface area contributed by atoms with Crippen LogP contribution in [0, 0.1) is 18.8 Å². The van der Waals surface area contributed by atoms with Crippen LogP contribution in [0.3, 0.4) is 0 Å². The third kappa shape index (κ3) is 5.41. The SMILES string of the molecule is Cc1cc(-c2nc3cc(CC[C@@H](CC(C)C)C(=O)O)ccc3n2CCCO)c[nH]c1=O. The summed E-state index contributed by atoms with van der Waals surface area (Å²) in [4.78, 5) is 30.9. The summed E-state index contributed by atoms with van der Waals surface area (Å²) in [5, 5.41) is 18.8. The van der Waals surface area contributed by atoms with Gasteiger partial charge in [-0.15, -0.1) is 0 Å². The first-order chi connectivity index (χ1) is 14.8. The number of benzene rings is 1. The van der Waals surface area contributed by atoms with Crippen LogP contribution in [0.4, 0.5) is 0 Å². The number of nitrogens with one attached hydrogen (secondary N) is 1. The number of aryl methyl sites for hydroxylation is 3. The van der Waals surface area contributed by atoms with Gasteiger partial charge in [0.2, 0.25) is 0 Å². The summed E-state index contributed by atoms with van der Waals surface area (Å²) in [7, 11) is 0. The number of fused-ring (bicyclic) bond motifs is 1. The number of aliphatic carboxylic acids is 1. The first kappa shape index (κ1) is 22.7. The Labute approximate surface area is 181 Å². The molecule has 7 heteroatoms. The molecule has 0 aliphatic heterocycles. The molecule has 2 heterocycles. The minimum Gasteiger partial charge on any atom is -0.481 e. The fraction of sp³-hybridized carbons (Fsp3) is 0.458. The third-order valence-corrected chi connectivity index (χ3v) is 5.59. The first-order valence-corrected chi connectivity index (χ1v) is 10.8. The molecular weight excluding hydrogens is 394 g/mol. The number of pyridine rings is 1. The number of carboxylic acid groups (broad SMARTS) is 1. The summed E-state index contributed by atoms with van der Waals surface area (Å²) < 4.78 is 2.06. The van der Waals surface area contributed by atoms with E-state index in [0.717, 1.165) is 28.0 Å². The van der Waals surface area contributed by atoms with E-state index in [1.807, 2.05) is 38.1 Å². The summed E-state index contributed by atoms with van der Waals surface area (Å²) in [5.41, 5.74) is 4.13. The first-order valence-electron chi connectivity index (χ1n) is 10.8. The molecule has 7 nitrogen and oxygen atoms in total. The minimum absolute atomic E-state index is 0.0777. The molecule has 0 aliphatic rings. The van der Waals surface area contributed by atoms with Crippen molar-refractivity contribution in [3.05, 3.63) is 51.9 Å². The van der Waals surface area contributed by atoms with Crippen LogP contribution < -0.4 is 5.56 Å². The average molecular weight is 426 g/mol. The van der Waals surface area contributed by atoms with E-state index in [4.69, 9.17) is 4.98 Å². The highest BCUT2D eigenvalue weighted by molar-refractivity contribution is 5.81. The Hall–Kier alpha value is -2.93. The molecule has 0 saturated heterocycles. The number of carbonyl (C=O) groups is 1. The molecule has 0 radical (unpaired) electrons. The van der Waals surface area contributed by atoms with Gasteiger partial charge in [0.15, 0.2) is 0 Å². The highest BCUT2D eigenvalue weighted by Gasteiger charge is 2.19. The zero-order valence-corrected chi connectivity index (χ0v) is 18.4. The van der Waals surface area contributed by atoms with E-state index in [1.165, 1.54) is 0 Å². The van der Waals surface area contributed by atoms with Crippen molar-refractivity contribution in [1.29, 1.82) is 0 Å². The molecule has 2 aromatic heterocycles. The van der Waals surface area contributed by atoms with E-state index in [-0.39, 0.29) is 18.1 Å². The van der Waals surface area contributed by atoms with Crippen LogP contribution in [0.15, 0.2) is 35.3 Å².